The molecule has 1 atom stereocenters. The Morgan fingerprint density at radius 2 is 1.68 bits per heavy atom. The topological polar surface area (TPSA) is 53.3 Å². The largest absolute Gasteiger partial charge is 0.323 e. The van der Waals surface area contributed by atoms with Gasteiger partial charge in [0.15, 0.2) is 6.20 Å². The maximum absolute atomic E-state index is 13.9. The zero-order valence-corrected chi connectivity index (χ0v) is 18.7. The van der Waals surface area contributed by atoms with Gasteiger partial charge in [0.05, 0.1) is 0 Å². The van der Waals surface area contributed by atoms with Crippen molar-refractivity contribution in [1.82, 2.24) is 0 Å². The van der Waals surface area contributed by atoms with Crippen LogP contribution in [0.4, 0.5) is 11.4 Å². The Balaban J connectivity index is 1.90. The number of hydrogen-bond donors (Lipinski definition) is 1. The third-order valence-corrected chi connectivity index (χ3v) is 6.20. The van der Waals surface area contributed by atoms with Crippen LogP contribution in [0.1, 0.15) is 34.9 Å². The maximum Gasteiger partial charge on any atom is 0.294 e. The molecule has 0 aliphatic carbocycles. The third-order valence-electron chi connectivity index (χ3n) is 6.20. The number of amides is 2. The van der Waals surface area contributed by atoms with E-state index in [1.165, 1.54) is 0 Å². The van der Waals surface area contributed by atoms with Gasteiger partial charge in [0.25, 0.3) is 11.8 Å². The molecule has 0 bridgehead atoms. The Labute approximate surface area is 183 Å². The minimum absolute atomic E-state index is 0.116. The Bertz CT molecular complexity index is 1180. The number of carbonyl (C=O) groups is 2. The van der Waals surface area contributed by atoms with E-state index in [1.54, 1.807) is 4.90 Å². The lowest BCUT2D eigenvalue weighted by Crippen LogP contribution is -2.67. The molecule has 2 aromatic carbocycles. The first kappa shape index (κ1) is 20.8. The summed E-state index contributed by atoms with van der Waals surface area (Å²) in [5.74, 6) is -0.354. The quantitative estimate of drug-likeness (QED) is 0.656. The molecule has 4 rings (SSSR count). The average molecular weight is 415 g/mol. The molecule has 5 heteroatoms. The molecule has 0 fully saturated rings. The van der Waals surface area contributed by atoms with Gasteiger partial charge in [-0.2, -0.15) is 4.57 Å². The van der Waals surface area contributed by atoms with Crippen LogP contribution in [0.5, 0.6) is 0 Å². The van der Waals surface area contributed by atoms with Gasteiger partial charge in [-0.1, -0.05) is 42.0 Å². The van der Waals surface area contributed by atoms with Gasteiger partial charge in [-0.05, 0) is 57.4 Å². The van der Waals surface area contributed by atoms with Gasteiger partial charge in [0.1, 0.15) is 0 Å². The van der Waals surface area contributed by atoms with Crippen molar-refractivity contribution >= 4 is 23.2 Å². The first-order valence-electron chi connectivity index (χ1n) is 10.5. The lowest BCUT2D eigenvalue weighted by atomic mass is 9.88. The van der Waals surface area contributed by atoms with Crippen molar-refractivity contribution in [2.24, 2.45) is 0 Å². The van der Waals surface area contributed by atoms with Crippen molar-refractivity contribution in [2.75, 3.05) is 10.2 Å². The van der Waals surface area contributed by atoms with E-state index in [2.05, 4.69) is 5.32 Å². The number of benzene rings is 2. The number of hydrogen-bond acceptors (Lipinski definition) is 2. The highest BCUT2D eigenvalue weighted by molar-refractivity contribution is 6.09. The van der Waals surface area contributed by atoms with Crippen molar-refractivity contribution in [3.63, 3.8) is 0 Å². The van der Waals surface area contributed by atoms with Crippen molar-refractivity contribution in [1.29, 1.82) is 0 Å². The number of nitrogens with zero attached hydrogens (tertiary/aromatic N) is 2. The van der Waals surface area contributed by atoms with Crippen molar-refractivity contribution in [3.05, 3.63) is 88.7 Å². The van der Waals surface area contributed by atoms with E-state index in [4.69, 9.17) is 0 Å². The summed E-state index contributed by atoms with van der Waals surface area (Å²) < 4.78 is 1.87. The van der Waals surface area contributed by atoms with Gasteiger partial charge < -0.3 is 5.32 Å². The molecule has 0 spiro atoms. The van der Waals surface area contributed by atoms with Crippen LogP contribution >= 0.6 is 0 Å². The number of para-hydroxylation sites is 1. The van der Waals surface area contributed by atoms with Crippen LogP contribution in [-0.2, 0) is 21.7 Å². The molecule has 0 saturated heterocycles. The van der Waals surface area contributed by atoms with Gasteiger partial charge in [0.2, 0.25) is 17.8 Å². The second-order valence-electron chi connectivity index (χ2n) is 8.53. The molecule has 158 valence electrons. The van der Waals surface area contributed by atoms with Crippen LogP contribution in [-0.4, -0.2) is 11.8 Å². The Morgan fingerprint density at radius 1 is 0.968 bits per heavy atom. The zero-order chi connectivity index (χ0) is 22.3. The summed E-state index contributed by atoms with van der Waals surface area (Å²) >= 11 is 0. The summed E-state index contributed by atoms with van der Waals surface area (Å²) in [5.41, 5.74) is 5.14. The van der Waals surface area contributed by atoms with E-state index in [1.807, 2.05) is 100.0 Å². The standard InChI is InChI=1S/C26H27N3O2/c1-17-12-13-21(20(4)15-17)29-23(30)16-28-14-7-6-11-22(28)26(29,5)25(31)27-24-18(2)9-8-10-19(24)3/h6-15H,16H2,1-5H3/p+1. The number of aryl methyl sites for hydroxylation is 4. The summed E-state index contributed by atoms with van der Waals surface area (Å²) in [7, 11) is 0. The van der Waals surface area contributed by atoms with Crippen molar-refractivity contribution < 1.29 is 14.2 Å². The van der Waals surface area contributed by atoms with E-state index in [9.17, 15) is 9.59 Å². The molecular weight excluding hydrogens is 386 g/mol. The Kier molecular flexibility index (Phi) is 5.13. The minimum Gasteiger partial charge on any atom is -0.323 e. The summed E-state index contributed by atoms with van der Waals surface area (Å²) in [6.45, 7) is 9.97. The smallest absolute Gasteiger partial charge is 0.294 e. The Hall–Kier alpha value is -3.47. The van der Waals surface area contributed by atoms with E-state index in [0.29, 0.717) is 0 Å². The van der Waals surface area contributed by atoms with Gasteiger partial charge >= 0.3 is 0 Å². The molecule has 1 unspecified atom stereocenters. The second-order valence-corrected chi connectivity index (χ2v) is 8.53. The highest BCUT2D eigenvalue weighted by Crippen LogP contribution is 2.37. The second kappa shape index (κ2) is 7.65. The summed E-state index contributed by atoms with van der Waals surface area (Å²) in [5, 5.41) is 3.13. The highest BCUT2D eigenvalue weighted by atomic mass is 16.2. The predicted molar refractivity (Wildman–Crippen MR) is 122 cm³/mol. The van der Waals surface area contributed by atoms with Gasteiger partial charge in [-0.3, -0.25) is 14.5 Å². The van der Waals surface area contributed by atoms with E-state index in [-0.39, 0.29) is 18.4 Å². The Morgan fingerprint density at radius 3 is 2.35 bits per heavy atom. The fourth-order valence-electron chi connectivity index (χ4n) is 4.53. The number of carbonyl (C=O) groups excluding carboxylic acids is 2. The zero-order valence-electron chi connectivity index (χ0n) is 18.7. The summed E-state index contributed by atoms with van der Waals surface area (Å²) in [4.78, 5) is 29.0. The molecule has 1 aliphatic heterocycles. The number of anilines is 2. The monoisotopic (exact) mass is 414 g/mol. The normalized spacial score (nSPS) is 18.0. The van der Waals surface area contributed by atoms with Crippen LogP contribution < -0.4 is 14.8 Å². The molecule has 5 nitrogen and oxygen atoms in total. The summed E-state index contributed by atoms with van der Waals surface area (Å²) in [6.07, 6.45) is 1.86. The minimum atomic E-state index is -1.22. The van der Waals surface area contributed by atoms with E-state index < -0.39 is 5.54 Å². The summed E-state index contributed by atoms with van der Waals surface area (Å²) in [6, 6.07) is 17.6. The first-order valence-corrected chi connectivity index (χ1v) is 10.5. The maximum atomic E-state index is 13.9. The van der Waals surface area contributed by atoms with E-state index in [0.717, 1.165) is 39.3 Å². The SMILES string of the molecule is Cc1ccc(N2C(=O)C[n+]3ccccc3C2(C)C(=O)Nc2c(C)cccc2C)c(C)c1. The fraction of sp³-hybridized carbons (Fsp3) is 0.269. The molecule has 0 radical (unpaired) electrons. The number of aromatic nitrogens is 1. The van der Waals surface area contributed by atoms with Crippen molar-refractivity contribution in [3.8, 4) is 0 Å². The number of nitrogens with one attached hydrogen (secondary N) is 1. The van der Waals surface area contributed by atoms with Crippen LogP contribution in [0, 0.1) is 27.7 Å². The molecule has 2 amide bonds. The average Bonchev–Trinajstić information content (AvgIpc) is 2.72. The molecule has 2 heterocycles. The molecule has 1 aliphatic rings. The molecule has 1 N–H and O–H groups in total. The first-order chi connectivity index (χ1) is 14.7. The lowest BCUT2D eigenvalue weighted by Gasteiger charge is -2.41. The van der Waals surface area contributed by atoms with Gasteiger partial charge in [-0.15, -0.1) is 0 Å². The van der Waals surface area contributed by atoms with Crippen molar-refractivity contribution in [2.45, 2.75) is 46.7 Å². The van der Waals surface area contributed by atoms with Crippen LogP contribution in [0.15, 0.2) is 60.8 Å². The molecule has 3 aromatic rings. The fourth-order valence-corrected chi connectivity index (χ4v) is 4.53. The lowest BCUT2D eigenvalue weighted by molar-refractivity contribution is -0.697. The predicted octanol–water partition coefficient (Wildman–Crippen LogP) is 4.11. The number of rotatable bonds is 3. The van der Waals surface area contributed by atoms with Crippen LogP contribution in [0.2, 0.25) is 0 Å². The molecular formula is C26H28N3O2+. The van der Waals surface area contributed by atoms with Crippen LogP contribution in [0.25, 0.3) is 0 Å². The third kappa shape index (κ3) is 3.40. The van der Waals surface area contributed by atoms with Crippen LogP contribution in [0.3, 0.4) is 0 Å². The molecule has 31 heavy (non-hydrogen) atoms. The van der Waals surface area contributed by atoms with Gasteiger partial charge in [0, 0.05) is 23.5 Å². The highest BCUT2D eigenvalue weighted by Gasteiger charge is 2.54. The molecule has 1 aromatic heterocycles. The molecule has 0 saturated carbocycles. The number of fused-ring (bicyclic) bond motifs is 1. The van der Waals surface area contributed by atoms with Gasteiger partial charge in [-0.25, -0.2) is 0 Å². The number of pyridine rings is 1. The van der Waals surface area contributed by atoms with E-state index >= 15 is 0 Å².